The van der Waals surface area contributed by atoms with Crippen molar-refractivity contribution in [3.05, 3.63) is 177 Å². The van der Waals surface area contributed by atoms with Gasteiger partial charge >= 0.3 is 130 Å². The van der Waals surface area contributed by atoms with Gasteiger partial charge in [0.25, 0.3) is 0 Å². The summed E-state index contributed by atoms with van der Waals surface area (Å²) in [6.07, 6.45) is 32.0. The molecule has 11 nitrogen and oxygen atoms in total. The molecule has 3 aliphatic rings. The average molecular weight is 1770 g/mol. The molecule has 0 saturated heterocycles. The van der Waals surface area contributed by atoms with E-state index in [0.717, 1.165) is 52.4 Å². The number of alkyl halides is 1. The minimum absolute atomic E-state index is 0. The van der Waals surface area contributed by atoms with Crippen molar-refractivity contribution in [2.75, 3.05) is 32.3 Å². The van der Waals surface area contributed by atoms with E-state index in [1.54, 1.807) is 56.3 Å². The van der Waals surface area contributed by atoms with Gasteiger partial charge in [-0.2, -0.15) is 8.78 Å². The summed E-state index contributed by atoms with van der Waals surface area (Å²) in [5.74, 6) is 0.447. The van der Waals surface area contributed by atoms with Crippen LogP contribution in [0.5, 0.6) is 28.7 Å². The van der Waals surface area contributed by atoms with Crippen LogP contribution in [0, 0.1) is 76.2 Å². The third-order valence-electron chi connectivity index (χ3n) is 19.3. The van der Waals surface area contributed by atoms with E-state index in [-0.39, 0.29) is 117 Å². The van der Waals surface area contributed by atoms with Crippen LogP contribution in [-0.4, -0.2) is 118 Å². The van der Waals surface area contributed by atoms with Crippen molar-refractivity contribution in [3.63, 3.8) is 0 Å². The molecule has 3 fully saturated rings. The number of hydrogen-bond donors (Lipinski definition) is 3. The molecule has 1 unspecified atom stereocenters. The first-order chi connectivity index (χ1) is 51.6. The van der Waals surface area contributed by atoms with Gasteiger partial charge in [0, 0.05) is 26.0 Å². The zero-order valence-electron chi connectivity index (χ0n) is 64.0. The molecule has 7 aromatic rings. The second-order valence-electron chi connectivity index (χ2n) is 27.0. The molecule has 0 radical (unpaired) electrons. The summed E-state index contributed by atoms with van der Waals surface area (Å²) in [5.41, 5.74) is 2.96. The molecular weight excluding hydrogens is 1660 g/mol. The molecule has 0 heterocycles. The molecule has 586 valence electrons. The first kappa shape index (κ1) is 104. The van der Waals surface area contributed by atoms with E-state index >= 15 is 0 Å². The summed E-state index contributed by atoms with van der Waals surface area (Å²) in [6, 6.07) is 32.6. The Kier molecular flexibility index (Phi) is 58.0. The van der Waals surface area contributed by atoms with Crippen LogP contribution in [0.3, 0.4) is 0 Å². The Morgan fingerprint density at radius 1 is 0.459 bits per heavy atom. The van der Waals surface area contributed by atoms with Crippen molar-refractivity contribution < 1.29 is 136 Å². The molecule has 0 spiro atoms. The Balaban J connectivity index is 0.000000482. The van der Waals surface area contributed by atoms with Crippen molar-refractivity contribution in [3.8, 4) is 62.1 Å². The van der Waals surface area contributed by atoms with Crippen LogP contribution in [0.25, 0.3) is 33.4 Å². The Bertz CT molecular complexity index is 3640. The monoisotopic (exact) mass is 1760 g/mol. The Morgan fingerprint density at radius 3 is 1.13 bits per heavy atom. The van der Waals surface area contributed by atoms with Crippen LogP contribution < -0.4 is 85.9 Å². The van der Waals surface area contributed by atoms with E-state index in [9.17, 15) is 30.7 Å². The number of halogens is 10. The molecule has 109 heavy (non-hydrogen) atoms. The van der Waals surface area contributed by atoms with E-state index in [1.807, 2.05) is 12.1 Å². The maximum atomic E-state index is 14.8. The van der Waals surface area contributed by atoms with Gasteiger partial charge in [0.15, 0.2) is 57.8 Å². The van der Waals surface area contributed by atoms with Crippen LogP contribution in [-0.2, 0) is 9.24 Å². The van der Waals surface area contributed by atoms with Gasteiger partial charge in [-0.1, -0.05) is 230 Å². The third-order valence-corrected chi connectivity index (χ3v) is 20.8. The van der Waals surface area contributed by atoms with Crippen LogP contribution in [0.15, 0.2) is 136 Å². The molecule has 0 amide bonds. The van der Waals surface area contributed by atoms with Gasteiger partial charge < -0.3 is 44.3 Å². The van der Waals surface area contributed by atoms with Crippen LogP contribution in [0.4, 0.5) is 30.7 Å². The molecule has 26 heteroatoms. The standard InChI is InChI=1S/C32H37F3O2.C18H26BrFO.C14H13BF2O3.C12H23Cl.C6H4BrFO.CH4.3K.HO4P/c1-3-5-6-7-22-8-10-23(11-9-22)21-37-29-18-16-26(20-28(29)33)24-12-14-25(15-13-24)27-17-19-30(36-4-2)32(35)31(27)34;1-2-3-4-5-14-6-8-15(9-7-14)13-21-18-11-10-16(19)12-17(18)20;1-2-20-12-8-7-11(13(16)14(12)17)9-3-5-10(6-4-9)15(18)19;1-2-3-4-5-11-6-8-12(10-13)9-7-11;7-4-1-2-6(9)5(8)3-4;;;;;1-4-5(2)3/h12-20,22-23H,3-11,21H2,1-2H3;10-12,14-15H,2-9,13H2,1H3;3-8,18-19H,2H2,1H3;11-12H,2-10H2,1H3;1-3,9H;1H4;;;;1H/q;;;;;;;;+1;/p-1. The second-order valence-corrected chi connectivity index (χ2v) is 29.7. The molecule has 0 bridgehead atoms. The number of hydrogen-bond acceptors (Lipinski definition) is 11. The number of phenols is 1. The second kappa shape index (κ2) is 60.6. The van der Waals surface area contributed by atoms with Crippen molar-refractivity contribution in [2.45, 2.75) is 196 Å². The summed E-state index contributed by atoms with van der Waals surface area (Å²) >= 11 is 14.7. The number of ether oxygens (including phenoxy) is 4. The van der Waals surface area contributed by atoms with Crippen LogP contribution in [0.2, 0.25) is 0 Å². The van der Waals surface area contributed by atoms with Gasteiger partial charge in [-0.05, 0) is 193 Å². The quantitative estimate of drug-likeness (QED) is 0.00811. The average Bonchev–Trinajstić information content (AvgIpc) is 0.810. The SMILES string of the molecule is C.CCCCCC1CCC(CCl)CC1.CCCCCC1CCC(COc2ccc(-c3ccc(-c4ccc(OCC)c(F)c4F)cc3)cc2F)CC1.CCCCCC1CCC(COc2ccc(Br)cc2F)CC1.CCOc1ccc(-c2ccc(B(O)O)cc2)c(F)c1F.O=[P+]([O-])O[O-].Oc1ccc(Br)cc1F.[K+].[K][K]. The zero-order valence-corrected chi connectivity index (χ0v) is 78.2. The number of benzene rings is 7. The van der Waals surface area contributed by atoms with Gasteiger partial charge in [-0.15, -0.1) is 11.6 Å². The predicted molar refractivity (Wildman–Crippen MR) is 428 cm³/mol. The molecule has 7 aromatic carbocycles. The Morgan fingerprint density at radius 2 is 0.789 bits per heavy atom. The number of aromatic hydroxyl groups is 1. The molecule has 1 atom stereocenters. The molecule has 3 aliphatic carbocycles. The van der Waals surface area contributed by atoms with Crippen LogP contribution in [0.1, 0.15) is 196 Å². The maximum absolute atomic E-state index is 14.8. The van der Waals surface area contributed by atoms with Gasteiger partial charge in [-0.25, -0.2) is 26.6 Å². The molecule has 3 N–H and O–H groups in total. The normalized spacial score (nSPS) is 17.0. The van der Waals surface area contributed by atoms with E-state index in [2.05, 4.69) is 57.3 Å². The summed E-state index contributed by atoms with van der Waals surface area (Å²) < 4.78 is 132. The van der Waals surface area contributed by atoms with Gasteiger partial charge in [-0.3, -0.25) is 0 Å². The van der Waals surface area contributed by atoms with Crippen LogP contribution >= 0.6 is 51.7 Å². The van der Waals surface area contributed by atoms with Crippen molar-refractivity contribution in [1.29, 1.82) is 0 Å². The summed E-state index contributed by atoms with van der Waals surface area (Å²) in [5, 5.41) is 35.1. The molecular formula is C83H107BBr2ClF7K3O11P. The van der Waals surface area contributed by atoms with Gasteiger partial charge in [0.1, 0.15) is 0 Å². The predicted octanol–water partition coefficient (Wildman–Crippen LogP) is 19.7. The Labute approximate surface area is 754 Å². The van der Waals surface area contributed by atoms with Crippen molar-refractivity contribution in [2.24, 2.45) is 35.5 Å². The third kappa shape index (κ3) is 39.5. The van der Waals surface area contributed by atoms with Gasteiger partial charge in [0.2, 0.25) is 11.6 Å². The zero-order chi connectivity index (χ0) is 78.6. The fourth-order valence-electron chi connectivity index (χ4n) is 13.1. The number of rotatable bonds is 28. The molecule has 10 rings (SSSR count). The number of phenolic OH excluding ortho intramolecular Hbond substituents is 1. The first-order valence-corrected chi connectivity index (χ1v) is 57.2. The fourth-order valence-corrected chi connectivity index (χ4v) is 14.1. The van der Waals surface area contributed by atoms with E-state index in [4.69, 9.17) is 60.4 Å². The Hall–Kier alpha value is -0.826. The van der Waals surface area contributed by atoms with E-state index < -0.39 is 50.3 Å². The number of unbranched alkanes of at least 4 members (excludes halogenated alkanes) is 6. The van der Waals surface area contributed by atoms with Gasteiger partial charge in [0.05, 0.1) is 26.4 Å². The van der Waals surface area contributed by atoms with Crippen molar-refractivity contribution >= 4 is 127 Å². The summed E-state index contributed by atoms with van der Waals surface area (Å²) in [4.78, 5) is 8.87. The first-order valence-electron chi connectivity index (χ1n) is 38.0. The molecule has 0 aliphatic heterocycles. The minimum atomic E-state index is -3.15. The summed E-state index contributed by atoms with van der Waals surface area (Å²) in [6.45, 7) is 11.9. The summed E-state index contributed by atoms with van der Waals surface area (Å²) in [7, 11) is -4.75. The van der Waals surface area contributed by atoms with E-state index in [1.165, 1.54) is 277 Å². The molecule has 0 aromatic heterocycles. The van der Waals surface area contributed by atoms with Crippen molar-refractivity contribution in [1.82, 2.24) is 0 Å². The van der Waals surface area contributed by atoms with E-state index in [0.29, 0.717) is 52.0 Å². The fraction of sp³-hybridized carbons (Fsp3) is 0.494. The topological polar surface area (TPSA) is 170 Å². The molecule has 3 saturated carbocycles.